The minimum atomic E-state index is -0.181. The van der Waals surface area contributed by atoms with Gasteiger partial charge in [-0.1, -0.05) is 47.4 Å². The first-order valence-electron chi connectivity index (χ1n) is 5.86. The highest BCUT2D eigenvalue weighted by Gasteiger charge is 2.24. The van der Waals surface area contributed by atoms with E-state index in [4.69, 9.17) is 11.6 Å². The van der Waals surface area contributed by atoms with E-state index in [1.54, 1.807) is 0 Å². The molecule has 96 valence electrons. The number of benzene rings is 1. The van der Waals surface area contributed by atoms with Crippen LogP contribution in [-0.2, 0) is 6.54 Å². The summed E-state index contributed by atoms with van der Waals surface area (Å²) < 4.78 is 0.997. The summed E-state index contributed by atoms with van der Waals surface area (Å²) >= 11 is 9.39. The van der Waals surface area contributed by atoms with Gasteiger partial charge in [0.1, 0.15) is 0 Å². The van der Waals surface area contributed by atoms with Crippen LogP contribution in [0.15, 0.2) is 22.7 Å². The lowest BCUT2D eigenvalue weighted by Crippen LogP contribution is -2.47. The molecule has 17 heavy (non-hydrogen) atoms. The normalized spacial score (nSPS) is 11.8. The SMILES string of the molecule is CCC(CC)(CO)NCc1ccc(Cl)cc1Br. The minimum absolute atomic E-state index is 0.158. The van der Waals surface area contributed by atoms with E-state index >= 15 is 0 Å². The zero-order valence-corrected chi connectivity index (χ0v) is 12.6. The van der Waals surface area contributed by atoms with Crippen molar-refractivity contribution in [3.8, 4) is 0 Å². The molecule has 0 fully saturated rings. The van der Waals surface area contributed by atoms with E-state index in [-0.39, 0.29) is 12.1 Å². The molecule has 0 saturated heterocycles. The largest absolute Gasteiger partial charge is 0.394 e. The molecule has 1 aromatic rings. The Bertz CT molecular complexity index is 358. The van der Waals surface area contributed by atoms with Crippen LogP contribution in [0, 0.1) is 0 Å². The molecule has 4 heteroatoms. The van der Waals surface area contributed by atoms with E-state index in [0.29, 0.717) is 0 Å². The number of hydrogen-bond acceptors (Lipinski definition) is 2. The van der Waals surface area contributed by atoms with Crippen molar-refractivity contribution in [2.75, 3.05) is 6.61 Å². The lowest BCUT2D eigenvalue weighted by molar-refractivity contribution is 0.149. The number of halogens is 2. The molecule has 1 rings (SSSR count). The summed E-state index contributed by atoms with van der Waals surface area (Å²) in [6.45, 7) is 5.05. The first kappa shape index (κ1) is 15.0. The van der Waals surface area contributed by atoms with Crippen molar-refractivity contribution in [2.24, 2.45) is 0 Å². The van der Waals surface area contributed by atoms with Crippen LogP contribution >= 0.6 is 27.5 Å². The number of aliphatic hydroxyl groups excluding tert-OH is 1. The van der Waals surface area contributed by atoms with Crippen molar-refractivity contribution >= 4 is 27.5 Å². The van der Waals surface area contributed by atoms with Crippen LogP contribution in [0.1, 0.15) is 32.3 Å². The Morgan fingerprint density at radius 2 is 2.00 bits per heavy atom. The highest BCUT2D eigenvalue weighted by atomic mass is 79.9. The Balaban J connectivity index is 2.72. The molecule has 2 nitrogen and oxygen atoms in total. The molecule has 0 aliphatic carbocycles. The van der Waals surface area contributed by atoms with Gasteiger partial charge in [-0.05, 0) is 30.5 Å². The van der Waals surface area contributed by atoms with Gasteiger partial charge in [-0.2, -0.15) is 0 Å². The van der Waals surface area contributed by atoms with E-state index in [2.05, 4.69) is 35.1 Å². The first-order chi connectivity index (χ1) is 8.06. The zero-order valence-electron chi connectivity index (χ0n) is 10.3. The predicted octanol–water partition coefficient (Wildman–Crippen LogP) is 3.74. The molecule has 1 aromatic carbocycles. The van der Waals surface area contributed by atoms with Crippen LogP contribution in [0.25, 0.3) is 0 Å². The second-order valence-electron chi connectivity index (χ2n) is 4.23. The Labute approximate surface area is 117 Å². The topological polar surface area (TPSA) is 32.3 Å². The Hall–Kier alpha value is -0.0900. The average molecular weight is 321 g/mol. The van der Waals surface area contributed by atoms with Crippen molar-refractivity contribution in [2.45, 2.75) is 38.8 Å². The average Bonchev–Trinajstić information content (AvgIpc) is 2.33. The first-order valence-corrected chi connectivity index (χ1v) is 7.04. The highest BCUT2D eigenvalue weighted by molar-refractivity contribution is 9.10. The summed E-state index contributed by atoms with van der Waals surface area (Å²) in [5.74, 6) is 0. The molecular formula is C13H19BrClNO. The fourth-order valence-corrected chi connectivity index (χ4v) is 2.55. The van der Waals surface area contributed by atoms with Crippen molar-refractivity contribution < 1.29 is 5.11 Å². The second kappa shape index (κ2) is 6.74. The van der Waals surface area contributed by atoms with Crippen LogP contribution in [0.4, 0.5) is 0 Å². The van der Waals surface area contributed by atoms with Gasteiger partial charge in [0.05, 0.1) is 6.61 Å². The van der Waals surface area contributed by atoms with E-state index < -0.39 is 0 Å². The summed E-state index contributed by atoms with van der Waals surface area (Å²) in [5.41, 5.74) is 0.966. The molecule has 0 spiro atoms. The van der Waals surface area contributed by atoms with Gasteiger partial charge in [-0.25, -0.2) is 0 Å². The molecule has 0 saturated carbocycles. The predicted molar refractivity (Wildman–Crippen MR) is 76.4 cm³/mol. The summed E-state index contributed by atoms with van der Waals surface area (Å²) in [6.07, 6.45) is 1.82. The molecule has 0 aliphatic rings. The smallest absolute Gasteiger partial charge is 0.0613 e. The Morgan fingerprint density at radius 3 is 2.47 bits per heavy atom. The number of aliphatic hydroxyl groups is 1. The van der Waals surface area contributed by atoms with Crippen molar-refractivity contribution in [3.63, 3.8) is 0 Å². The van der Waals surface area contributed by atoms with Gasteiger partial charge in [0, 0.05) is 21.6 Å². The van der Waals surface area contributed by atoms with Gasteiger partial charge in [-0.3, -0.25) is 0 Å². The van der Waals surface area contributed by atoms with Gasteiger partial charge in [0.25, 0.3) is 0 Å². The standard InChI is InChI=1S/C13H19BrClNO/c1-3-13(4-2,9-17)16-8-10-5-6-11(15)7-12(10)14/h5-7,16-17H,3-4,8-9H2,1-2H3. The van der Waals surface area contributed by atoms with Crippen LogP contribution in [0.5, 0.6) is 0 Å². The molecule has 2 N–H and O–H groups in total. The van der Waals surface area contributed by atoms with Crippen molar-refractivity contribution in [3.05, 3.63) is 33.3 Å². The summed E-state index contributed by atoms with van der Waals surface area (Å²) in [5, 5.41) is 13.6. The molecule has 0 heterocycles. The molecule has 0 radical (unpaired) electrons. The zero-order chi connectivity index (χ0) is 12.9. The quantitative estimate of drug-likeness (QED) is 0.837. The lowest BCUT2D eigenvalue weighted by Gasteiger charge is -2.31. The van der Waals surface area contributed by atoms with E-state index in [0.717, 1.165) is 34.4 Å². The molecular weight excluding hydrogens is 302 g/mol. The van der Waals surface area contributed by atoms with E-state index in [1.165, 1.54) is 0 Å². The fraction of sp³-hybridized carbons (Fsp3) is 0.538. The maximum absolute atomic E-state index is 9.47. The molecule has 0 aromatic heterocycles. The lowest BCUT2D eigenvalue weighted by atomic mass is 9.93. The van der Waals surface area contributed by atoms with Crippen LogP contribution in [0.3, 0.4) is 0 Å². The minimum Gasteiger partial charge on any atom is -0.394 e. The molecule has 0 unspecified atom stereocenters. The Morgan fingerprint density at radius 1 is 1.35 bits per heavy atom. The van der Waals surface area contributed by atoms with Gasteiger partial charge in [0.2, 0.25) is 0 Å². The summed E-state index contributed by atoms with van der Waals surface area (Å²) in [6, 6.07) is 5.76. The highest BCUT2D eigenvalue weighted by Crippen LogP contribution is 2.23. The van der Waals surface area contributed by atoms with Gasteiger partial charge >= 0.3 is 0 Å². The third-order valence-corrected chi connectivity index (χ3v) is 4.30. The van der Waals surface area contributed by atoms with E-state index in [9.17, 15) is 5.11 Å². The van der Waals surface area contributed by atoms with E-state index in [1.807, 2.05) is 18.2 Å². The number of hydrogen-bond donors (Lipinski definition) is 2. The third-order valence-electron chi connectivity index (χ3n) is 3.33. The van der Waals surface area contributed by atoms with Crippen molar-refractivity contribution in [1.29, 1.82) is 0 Å². The maximum atomic E-state index is 9.47. The van der Waals surface area contributed by atoms with Crippen molar-refractivity contribution in [1.82, 2.24) is 5.32 Å². The van der Waals surface area contributed by atoms with Gasteiger partial charge in [0.15, 0.2) is 0 Å². The number of rotatable bonds is 6. The molecule has 0 amide bonds. The second-order valence-corrected chi connectivity index (χ2v) is 5.53. The monoisotopic (exact) mass is 319 g/mol. The fourth-order valence-electron chi connectivity index (χ4n) is 1.73. The summed E-state index contributed by atoms with van der Waals surface area (Å²) in [7, 11) is 0. The van der Waals surface area contributed by atoms with Gasteiger partial charge in [-0.15, -0.1) is 0 Å². The van der Waals surface area contributed by atoms with Crippen LogP contribution in [-0.4, -0.2) is 17.3 Å². The van der Waals surface area contributed by atoms with Gasteiger partial charge < -0.3 is 10.4 Å². The summed E-state index contributed by atoms with van der Waals surface area (Å²) in [4.78, 5) is 0. The van der Waals surface area contributed by atoms with Crippen LogP contribution in [0.2, 0.25) is 5.02 Å². The molecule has 0 aliphatic heterocycles. The Kier molecular flexibility index (Phi) is 5.93. The van der Waals surface area contributed by atoms with Crippen LogP contribution < -0.4 is 5.32 Å². The third kappa shape index (κ3) is 3.95. The number of nitrogens with one attached hydrogen (secondary N) is 1. The molecule has 0 bridgehead atoms. The molecule has 0 atom stereocenters. The maximum Gasteiger partial charge on any atom is 0.0613 e.